The minimum atomic E-state index is 1.17. The van der Waals surface area contributed by atoms with Gasteiger partial charge in [0.25, 0.3) is 0 Å². The summed E-state index contributed by atoms with van der Waals surface area (Å²) in [5, 5.41) is 3.54. The van der Waals surface area contributed by atoms with Crippen LogP contribution < -0.4 is 5.32 Å². The standard InChI is InChI=1S/C20H28N2/c1-16-9-5-6-11-19(16)21-20-13-12-18(15-17(20)2)10-7-8-14-22(3)4/h5-6,9,11-13,15,21H,7-8,10,14H2,1-4H3. The second-order valence-electron chi connectivity index (χ2n) is 6.35. The molecule has 2 aromatic rings. The molecule has 2 nitrogen and oxygen atoms in total. The van der Waals surface area contributed by atoms with Gasteiger partial charge in [0.1, 0.15) is 0 Å². The fourth-order valence-corrected chi connectivity index (χ4v) is 2.64. The van der Waals surface area contributed by atoms with Crippen LogP contribution in [0.4, 0.5) is 11.4 Å². The van der Waals surface area contributed by atoms with Gasteiger partial charge in [0.15, 0.2) is 0 Å². The number of hydrogen-bond acceptors (Lipinski definition) is 2. The molecule has 0 radical (unpaired) electrons. The highest BCUT2D eigenvalue weighted by atomic mass is 15.0. The maximum atomic E-state index is 3.54. The molecule has 0 saturated carbocycles. The number of anilines is 2. The first-order chi connectivity index (χ1) is 10.6. The summed E-state index contributed by atoms with van der Waals surface area (Å²) in [6.45, 7) is 5.49. The molecule has 0 unspecified atom stereocenters. The molecule has 2 rings (SSSR count). The molecule has 118 valence electrons. The molecular weight excluding hydrogens is 268 g/mol. The average Bonchev–Trinajstić information content (AvgIpc) is 2.48. The Kier molecular flexibility index (Phi) is 6.02. The van der Waals surface area contributed by atoms with E-state index in [-0.39, 0.29) is 0 Å². The molecule has 0 heterocycles. The second-order valence-corrected chi connectivity index (χ2v) is 6.35. The van der Waals surface area contributed by atoms with Crippen LogP contribution in [-0.2, 0) is 6.42 Å². The van der Waals surface area contributed by atoms with Crippen LogP contribution >= 0.6 is 0 Å². The fraction of sp³-hybridized carbons (Fsp3) is 0.400. The lowest BCUT2D eigenvalue weighted by atomic mass is 10.0. The molecule has 0 saturated heterocycles. The van der Waals surface area contributed by atoms with Crippen LogP contribution in [0.2, 0.25) is 0 Å². The number of hydrogen-bond donors (Lipinski definition) is 1. The molecule has 0 aromatic heterocycles. The molecule has 0 aliphatic carbocycles. The van der Waals surface area contributed by atoms with Crippen molar-refractivity contribution in [1.82, 2.24) is 4.90 Å². The molecule has 0 aliphatic heterocycles. The Morgan fingerprint density at radius 1 is 0.864 bits per heavy atom. The molecule has 2 aromatic carbocycles. The highest BCUT2D eigenvalue weighted by Gasteiger charge is 2.03. The highest BCUT2D eigenvalue weighted by Crippen LogP contribution is 2.24. The molecule has 0 aliphatic rings. The summed E-state index contributed by atoms with van der Waals surface area (Å²) >= 11 is 0. The number of aryl methyl sites for hydroxylation is 3. The van der Waals surface area contributed by atoms with E-state index < -0.39 is 0 Å². The second kappa shape index (κ2) is 8.00. The van der Waals surface area contributed by atoms with Gasteiger partial charge < -0.3 is 10.2 Å². The van der Waals surface area contributed by atoms with Gasteiger partial charge in [-0.3, -0.25) is 0 Å². The fourth-order valence-electron chi connectivity index (χ4n) is 2.64. The summed E-state index contributed by atoms with van der Waals surface area (Å²) in [6, 6.07) is 15.2. The van der Waals surface area contributed by atoms with Crippen LogP contribution in [0.15, 0.2) is 42.5 Å². The Hall–Kier alpha value is -1.80. The summed E-state index contributed by atoms with van der Waals surface area (Å²) in [7, 11) is 4.27. The smallest absolute Gasteiger partial charge is 0.0414 e. The van der Waals surface area contributed by atoms with E-state index in [1.165, 1.54) is 53.9 Å². The zero-order chi connectivity index (χ0) is 15.9. The Morgan fingerprint density at radius 3 is 2.27 bits per heavy atom. The maximum Gasteiger partial charge on any atom is 0.0414 e. The van der Waals surface area contributed by atoms with Gasteiger partial charge in [-0.1, -0.05) is 30.3 Å². The third-order valence-electron chi connectivity index (χ3n) is 4.03. The van der Waals surface area contributed by atoms with Crippen molar-refractivity contribution in [2.45, 2.75) is 33.1 Å². The van der Waals surface area contributed by atoms with Crippen molar-refractivity contribution in [3.8, 4) is 0 Å². The lowest BCUT2D eigenvalue weighted by Crippen LogP contribution is -2.12. The van der Waals surface area contributed by atoms with Crippen LogP contribution in [0.25, 0.3) is 0 Å². The summed E-state index contributed by atoms with van der Waals surface area (Å²) in [5.74, 6) is 0. The van der Waals surface area contributed by atoms with Gasteiger partial charge in [-0.25, -0.2) is 0 Å². The summed E-state index contributed by atoms with van der Waals surface area (Å²) in [6.07, 6.45) is 3.68. The SMILES string of the molecule is Cc1ccccc1Nc1ccc(CCCCN(C)C)cc1C. The Labute approximate surface area is 135 Å². The van der Waals surface area contributed by atoms with Gasteiger partial charge in [0.2, 0.25) is 0 Å². The summed E-state index contributed by atoms with van der Waals surface area (Å²) < 4.78 is 0. The largest absolute Gasteiger partial charge is 0.355 e. The van der Waals surface area contributed by atoms with E-state index in [2.05, 4.69) is 80.6 Å². The third kappa shape index (κ3) is 4.88. The summed E-state index contributed by atoms with van der Waals surface area (Å²) in [5.41, 5.74) is 6.41. The summed E-state index contributed by atoms with van der Waals surface area (Å²) in [4.78, 5) is 2.25. The lowest BCUT2D eigenvalue weighted by molar-refractivity contribution is 0.394. The maximum absolute atomic E-state index is 3.54. The highest BCUT2D eigenvalue weighted by molar-refractivity contribution is 5.65. The van der Waals surface area contributed by atoms with Gasteiger partial charge in [-0.2, -0.15) is 0 Å². The van der Waals surface area contributed by atoms with E-state index in [9.17, 15) is 0 Å². The number of rotatable bonds is 7. The Bertz CT molecular complexity index is 602. The molecule has 0 bridgehead atoms. The van der Waals surface area contributed by atoms with E-state index in [1.807, 2.05) is 0 Å². The molecule has 0 spiro atoms. The van der Waals surface area contributed by atoms with E-state index in [4.69, 9.17) is 0 Å². The van der Waals surface area contributed by atoms with Crippen molar-refractivity contribution in [1.29, 1.82) is 0 Å². The molecule has 22 heavy (non-hydrogen) atoms. The number of benzene rings is 2. The number of nitrogens with zero attached hydrogens (tertiary/aromatic N) is 1. The molecule has 0 atom stereocenters. The molecule has 2 heteroatoms. The Balaban J connectivity index is 1.96. The third-order valence-corrected chi connectivity index (χ3v) is 4.03. The van der Waals surface area contributed by atoms with Crippen LogP contribution in [0.1, 0.15) is 29.5 Å². The zero-order valence-corrected chi connectivity index (χ0v) is 14.3. The monoisotopic (exact) mass is 296 g/mol. The normalized spacial score (nSPS) is 11.0. The number of unbranched alkanes of at least 4 members (excludes halogenated alkanes) is 1. The number of para-hydroxylation sites is 1. The van der Waals surface area contributed by atoms with Crippen LogP contribution in [0.5, 0.6) is 0 Å². The van der Waals surface area contributed by atoms with E-state index in [0.29, 0.717) is 0 Å². The predicted octanol–water partition coefficient (Wildman–Crippen LogP) is 4.93. The van der Waals surface area contributed by atoms with Crippen LogP contribution in [0, 0.1) is 13.8 Å². The van der Waals surface area contributed by atoms with E-state index in [0.717, 1.165) is 0 Å². The van der Waals surface area contributed by atoms with Gasteiger partial charge in [0.05, 0.1) is 0 Å². The van der Waals surface area contributed by atoms with Crippen molar-refractivity contribution in [2.24, 2.45) is 0 Å². The lowest BCUT2D eigenvalue weighted by Gasteiger charge is -2.13. The minimum Gasteiger partial charge on any atom is -0.355 e. The van der Waals surface area contributed by atoms with Crippen molar-refractivity contribution < 1.29 is 0 Å². The average molecular weight is 296 g/mol. The minimum absolute atomic E-state index is 1.17. The first kappa shape index (κ1) is 16.6. The number of nitrogens with one attached hydrogen (secondary N) is 1. The van der Waals surface area contributed by atoms with Gasteiger partial charge >= 0.3 is 0 Å². The van der Waals surface area contributed by atoms with Crippen molar-refractivity contribution in [3.63, 3.8) is 0 Å². The van der Waals surface area contributed by atoms with Crippen molar-refractivity contribution >= 4 is 11.4 Å². The molecular formula is C20H28N2. The zero-order valence-electron chi connectivity index (χ0n) is 14.3. The van der Waals surface area contributed by atoms with Gasteiger partial charge in [-0.05, 0) is 82.6 Å². The van der Waals surface area contributed by atoms with Crippen LogP contribution in [-0.4, -0.2) is 25.5 Å². The Morgan fingerprint density at radius 2 is 1.59 bits per heavy atom. The molecule has 1 N–H and O–H groups in total. The van der Waals surface area contributed by atoms with Gasteiger partial charge in [0, 0.05) is 11.4 Å². The van der Waals surface area contributed by atoms with E-state index >= 15 is 0 Å². The predicted molar refractivity (Wildman–Crippen MR) is 97.1 cm³/mol. The first-order valence-corrected chi connectivity index (χ1v) is 8.13. The van der Waals surface area contributed by atoms with Crippen molar-refractivity contribution in [3.05, 3.63) is 59.2 Å². The topological polar surface area (TPSA) is 15.3 Å². The van der Waals surface area contributed by atoms with Gasteiger partial charge in [-0.15, -0.1) is 0 Å². The van der Waals surface area contributed by atoms with Crippen molar-refractivity contribution in [2.75, 3.05) is 26.0 Å². The first-order valence-electron chi connectivity index (χ1n) is 8.13. The quantitative estimate of drug-likeness (QED) is 0.729. The molecule has 0 fully saturated rings. The molecule has 0 amide bonds. The van der Waals surface area contributed by atoms with Crippen LogP contribution in [0.3, 0.4) is 0 Å². The van der Waals surface area contributed by atoms with E-state index in [1.54, 1.807) is 0 Å².